The first-order valence-corrected chi connectivity index (χ1v) is 15.9. The molecule has 1 atom stereocenters. The Morgan fingerprint density at radius 1 is 0.614 bits per heavy atom. The number of aryl methyl sites for hydroxylation is 1. The molecule has 2 fully saturated rings. The van der Waals surface area contributed by atoms with Crippen LogP contribution in [0, 0.1) is 40.8 Å². The second kappa shape index (κ2) is 14.0. The number of aliphatic hydroxyl groups excluding tert-OH is 1. The van der Waals surface area contributed by atoms with Crippen LogP contribution >= 0.6 is 0 Å². The summed E-state index contributed by atoms with van der Waals surface area (Å²) in [7, 11) is 0. The van der Waals surface area contributed by atoms with E-state index in [1.807, 2.05) is 6.92 Å². The molecular formula is C36H40F6O2. The topological polar surface area (TPSA) is 40.5 Å². The number of phenols is 1. The summed E-state index contributed by atoms with van der Waals surface area (Å²) in [6.07, 6.45) is 5.98. The number of hydrogen-bond acceptors (Lipinski definition) is 2. The first-order chi connectivity index (χ1) is 21.1. The van der Waals surface area contributed by atoms with Crippen molar-refractivity contribution < 1.29 is 36.6 Å². The molecule has 0 aromatic heterocycles. The highest BCUT2D eigenvalue weighted by atomic mass is 19.2. The van der Waals surface area contributed by atoms with E-state index in [0.29, 0.717) is 80.9 Å². The Bertz CT molecular complexity index is 1460. The molecule has 2 saturated carbocycles. The summed E-state index contributed by atoms with van der Waals surface area (Å²) in [6.45, 7) is 1.87. The molecule has 1 unspecified atom stereocenters. The van der Waals surface area contributed by atoms with E-state index in [9.17, 15) is 27.8 Å². The standard InChI is InChI=1S/C36H40F6O2/c1-2-3-29(43)28-17-16-26(33(39)35(28)41)21-7-4-20(5-8-21)6-9-24-14-15-25(32(38)31(24)37)22-10-12-23(13-11-22)27-18-19-30(44)36(42)34(27)40/h14-23,29,43-44H,2-13H2,1H3. The maximum absolute atomic E-state index is 15.2. The SMILES string of the molecule is CCCC(O)c1ccc(C2CCC(CCc3ccc(C4CCC(c5ccc(O)c(F)c5F)CC4)c(F)c3F)CC2)c(F)c1F. The largest absolute Gasteiger partial charge is 0.505 e. The maximum Gasteiger partial charge on any atom is 0.200 e. The van der Waals surface area contributed by atoms with E-state index in [4.69, 9.17) is 0 Å². The molecule has 3 aromatic carbocycles. The molecule has 2 aliphatic carbocycles. The molecule has 3 aromatic rings. The van der Waals surface area contributed by atoms with Crippen LogP contribution in [0.25, 0.3) is 0 Å². The van der Waals surface area contributed by atoms with Gasteiger partial charge in [0.2, 0.25) is 5.82 Å². The summed E-state index contributed by atoms with van der Waals surface area (Å²) in [5, 5.41) is 19.5. The van der Waals surface area contributed by atoms with E-state index in [-0.39, 0.29) is 34.8 Å². The average molecular weight is 619 g/mol. The van der Waals surface area contributed by atoms with Crippen molar-refractivity contribution in [1.82, 2.24) is 0 Å². The van der Waals surface area contributed by atoms with E-state index in [0.717, 1.165) is 18.9 Å². The number of halogens is 6. The highest BCUT2D eigenvalue weighted by Gasteiger charge is 2.31. The van der Waals surface area contributed by atoms with Crippen LogP contribution in [-0.4, -0.2) is 10.2 Å². The predicted octanol–water partition coefficient (Wildman–Crippen LogP) is 10.4. The molecule has 44 heavy (non-hydrogen) atoms. The van der Waals surface area contributed by atoms with Gasteiger partial charge >= 0.3 is 0 Å². The Labute approximate surface area is 255 Å². The van der Waals surface area contributed by atoms with Crippen molar-refractivity contribution in [1.29, 1.82) is 0 Å². The van der Waals surface area contributed by atoms with E-state index < -0.39 is 46.8 Å². The van der Waals surface area contributed by atoms with Gasteiger partial charge in [-0.25, -0.2) is 22.0 Å². The number of phenolic OH excluding ortho intramolecular Hbond substituents is 1. The molecule has 0 heterocycles. The zero-order valence-corrected chi connectivity index (χ0v) is 25.0. The first-order valence-electron chi connectivity index (χ1n) is 15.9. The predicted molar refractivity (Wildman–Crippen MR) is 158 cm³/mol. The van der Waals surface area contributed by atoms with E-state index >= 15 is 8.78 Å². The quantitative estimate of drug-likeness (QED) is 0.234. The molecule has 5 rings (SSSR count). The van der Waals surface area contributed by atoms with E-state index in [1.54, 1.807) is 18.2 Å². The van der Waals surface area contributed by atoms with Crippen molar-refractivity contribution in [3.8, 4) is 5.75 Å². The lowest BCUT2D eigenvalue weighted by Crippen LogP contribution is -2.17. The lowest BCUT2D eigenvalue weighted by molar-refractivity contribution is 0.160. The highest BCUT2D eigenvalue weighted by molar-refractivity contribution is 5.34. The van der Waals surface area contributed by atoms with Gasteiger partial charge in [-0.05, 0) is 123 Å². The van der Waals surface area contributed by atoms with Crippen molar-refractivity contribution in [2.24, 2.45) is 5.92 Å². The molecular weight excluding hydrogens is 578 g/mol. The van der Waals surface area contributed by atoms with E-state index in [1.165, 1.54) is 12.1 Å². The third kappa shape index (κ3) is 6.65. The summed E-state index contributed by atoms with van der Waals surface area (Å²) < 4.78 is 88.2. The number of benzene rings is 3. The first kappa shape index (κ1) is 32.4. The summed E-state index contributed by atoms with van der Waals surface area (Å²) >= 11 is 0. The van der Waals surface area contributed by atoms with Crippen LogP contribution in [-0.2, 0) is 6.42 Å². The fourth-order valence-corrected chi connectivity index (χ4v) is 7.40. The van der Waals surface area contributed by atoms with Crippen molar-refractivity contribution in [2.75, 3.05) is 0 Å². The normalized spacial score (nSPS) is 23.1. The number of aromatic hydroxyl groups is 1. The minimum Gasteiger partial charge on any atom is -0.505 e. The zero-order chi connectivity index (χ0) is 31.5. The molecule has 0 bridgehead atoms. The van der Waals surface area contributed by atoms with Gasteiger partial charge in [0.25, 0.3) is 0 Å². The third-order valence-electron chi connectivity index (χ3n) is 10.1. The van der Waals surface area contributed by atoms with Gasteiger partial charge in [-0.2, -0.15) is 4.39 Å². The Hall–Kier alpha value is -3.00. The summed E-state index contributed by atoms with van der Waals surface area (Å²) in [5.41, 5.74) is 1.16. The van der Waals surface area contributed by atoms with E-state index in [2.05, 4.69) is 0 Å². The Balaban J connectivity index is 1.14. The van der Waals surface area contributed by atoms with Crippen LogP contribution in [0.5, 0.6) is 5.75 Å². The zero-order valence-electron chi connectivity index (χ0n) is 25.0. The van der Waals surface area contributed by atoms with Gasteiger partial charge in [0.1, 0.15) is 0 Å². The molecule has 0 saturated heterocycles. The highest BCUT2D eigenvalue weighted by Crippen LogP contribution is 2.44. The van der Waals surface area contributed by atoms with Crippen LogP contribution < -0.4 is 0 Å². The van der Waals surface area contributed by atoms with Gasteiger partial charge < -0.3 is 10.2 Å². The van der Waals surface area contributed by atoms with Crippen LogP contribution in [0.4, 0.5) is 26.3 Å². The Morgan fingerprint density at radius 2 is 1.09 bits per heavy atom. The van der Waals surface area contributed by atoms with Crippen LogP contribution in [0.15, 0.2) is 36.4 Å². The maximum atomic E-state index is 15.2. The molecule has 8 heteroatoms. The third-order valence-corrected chi connectivity index (χ3v) is 10.1. The molecule has 2 nitrogen and oxygen atoms in total. The van der Waals surface area contributed by atoms with Crippen LogP contribution in [0.1, 0.15) is 129 Å². The molecule has 2 N–H and O–H groups in total. The molecule has 0 aliphatic heterocycles. The average Bonchev–Trinajstić information content (AvgIpc) is 3.02. The lowest BCUT2D eigenvalue weighted by atomic mass is 9.75. The summed E-state index contributed by atoms with van der Waals surface area (Å²) in [4.78, 5) is 0. The lowest BCUT2D eigenvalue weighted by Gasteiger charge is -2.30. The van der Waals surface area contributed by atoms with Crippen molar-refractivity contribution >= 4 is 0 Å². The number of aliphatic hydroxyl groups is 1. The fourth-order valence-electron chi connectivity index (χ4n) is 7.40. The second-order valence-electron chi connectivity index (χ2n) is 12.7. The molecule has 238 valence electrons. The second-order valence-corrected chi connectivity index (χ2v) is 12.7. The molecule has 2 aliphatic rings. The molecule has 0 spiro atoms. The van der Waals surface area contributed by atoms with Gasteiger partial charge in [0.05, 0.1) is 6.10 Å². The monoisotopic (exact) mass is 618 g/mol. The number of rotatable bonds is 9. The Kier molecular flexibility index (Phi) is 10.3. The van der Waals surface area contributed by atoms with Crippen molar-refractivity contribution in [3.63, 3.8) is 0 Å². The van der Waals surface area contributed by atoms with Gasteiger partial charge in [-0.1, -0.05) is 43.7 Å². The van der Waals surface area contributed by atoms with Gasteiger partial charge in [0.15, 0.2) is 34.8 Å². The van der Waals surface area contributed by atoms with Gasteiger partial charge in [0, 0.05) is 5.56 Å². The molecule has 0 radical (unpaired) electrons. The number of hydrogen-bond donors (Lipinski definition) is 2. The van der Waals surface area contributed by atoms with Crippen LogP contribution in [0.3, 0.4) is 0 Å². The minimum absolute atomic E-state index is 0.00380. The van der Waals surface area contributed by atoms with Gasteiger partial charge in [-0.15, -0.1) is 0 Å². The van der Waals surface area contributed by atoms with Gasteiger partial charge in [-0.3, -0.25) is 0 Å². The van der Waals surface area contributed by atoms with Crippen molar-refractivity contribution in [2.45, 2.75) is 108 Å². The fraction of sp³-hybridized carbons (Fsp3) is 0.500. The Morgan fingerprint density at radius 3 is 1.66 bits per heavy atom. The summed E-state index contributed by atoms with van der Waals surface area (Å²) in [6, 6.07) is 8.90. The van der Waals surface area contributed by atoms with Crippen molar-refractivity contribution in [3.05, 3.63) is 99.1 Å². The summed E-state index contributed by atoms with van der Waals surface area (Å²) in [5.74, 6) is -6.91. The van der Waals surface area contributed by atoms with Crippen LogP contribution in [0.2, 0.25) is 0 Å². The smallest absolute Gasteiger partial charge is 0.200 e. The minimum atomic E-state index is -1.26. The molecule has 0 amide bonds.